The molecule has 1 heterocycles. The van der Waals surface area contributed by atoms with Crippen molar-refractivity contribution in [1.82, 2.24) is 14.8 Å². The Morgan fingerprint density at radius 3 is 2.50 bits per heavy atom. The lowest BCUT2D eigenvalue weighted by atomic mass is 10.1. The molecular formula is C16H12BrCl2N3O2. The van der Waals surface area contributed by atoms with Crippen molar-refractivity contribution in [2.75, 3.05) is 0 Å². The summed E-state index contributed by atoms with van der Waals surface area (Å²) < 4.78 is 8.15. The first-order valence-corrected chi connectivity index (χ1v) is 8.50. The van der Waals surface area contributed by atoms with E-state index in [1.807, 2.05) is 12.1 Å². The van der Waals surface area contributed by atoms with Crippen LogP contribution in [0, 0.1) is 0 Å². The summed E-state index contributed by atoms with van der Waals surface area (Å²) in [6.07, 6.45) is 0.467. The van der Waals surface area contributed by atoms with Crippen molar-refractivity contribution in [3.05, 3.63) is 72.8 Å². The predicted octanol–water partition coefficient (Wildman–Crippen LogP) is 4.56. The maximum Gasteiger partial charge on any atom is 0.343 e. The van der Waals surface area contributed by atoms with E-state index < -0.39 is 0 Å². The summed E-state index contributed by atoms with van der Waals surface area (Å²) in [7, 11) is 1.66. The minimum Gasteiger partial charge on any atom is -0.454 e. The van der Waals surface area contributed by atoms with E-state index in [1.165, 1.54) is 4.57 Å². The van der Waals surface area contributed by atoms with Crippen LogP contribution in [0.25, 0.3) is 0 Å². The molecule has 0 saturated carbocycles. The molecule has 24 heavy (non-hydrogen) atoms. The molecule has 0 saturated heterocycles. The number of rotatable bonds is 4. The lowest BCUT2D eigenvalue weighted by Gasteiger charge is -2.11. The lowest BCUT2D eigenvalue weighted by Crippen LogP contribution is -2.14. The largest absolute Gasteiger partial charge is 0.454 e. The van der Waals surface area contributed by atoms with Crippen LogP contribution in [0.15, 0.2) is 45.7 Å². The quantitative estimate of drug-likeness (QED) is 0.662. The van der Waals surface area contributed by atoms with Gasteiger partial charge in [-0.25, -0.2) is 9.89 Å². The van der Waals surface area contributed by atoms with E-state index in [9.17, 15) is 4.79 Å². The van der Waals surface area contributed by atoms with Gasteiger partial charge in [-0.15, -0.1) is 0 Å². The molecule has 0 aliphatic carbocycles. The molecule has 0 aliphatic heterocycles. The first kappa shape index (κ1) is 17.1. The van der Waals surface area contributed by atoms with Crippen molar-refractivity contribution in [2.24, 2.45) is 7.05 Å². The molecule has 0 fully saturated rings. The number of halogens is 3. The molecule has 124 valence electrons. The molecule has 2 aromatic carbocycles. The van der Waals surface area contributed by atoms with Crippen LogP contribution in [-0.4, -0.2) is 14.8 Å². The predicted molar refractivity (Wildman–Crippen MR) is 97.3 cm³/mol. The smallest absolute Gasteiger partial charge is 0.343 e. The van der Waals surface area contributed by atoms with Gasteiger partial charge in [0, 0.05) is 17.9 Å². The van der Waals surface area contributed by atoms with E-state index in [4.69, 9.17) is 27.9 Å². The van der Waals surface area contributed by atoms with Gasteiger partial charge in [-0.3, -0.25) is 4.57 Å². The fourth-order valence-electron chi connectivity index (χ4n) is 2.13. The Bertz CT molecular complexity index is 953. The van der Waals surface area contributed by atoms with Gasteiger partial charge in [0.2, 0.25) is 0 Å². The number of hydrogen-bond donors (Lipinski definition) is 1. The van der Waals surface area contributed by atoms with Crippen LogP contribution >= 0.6 is 39.1 Å². The molecule has 0 unspecified atom stereocenters. The van der Waals surface area contributed by atoms with Gasteiger partial charge < -0.3 is 4.74 Å². The van der Waals surface area contributed by atoms with Crippen LogP contribution < -0.4 is 10.4 Å². The first-order valence-electron chi connectivity index (χ1n) is 6.95. The average Bonchev–Trinajstić information content (AvgIpc) is 2.86. The Labute approximate surface area is 156 Å². The molecule has 1 aromatic heterocycles. The van der Waals surface area contributed by atoms with Crippen molar-refractivity contribution >= 4 is 39.1 Å². The number of hydrogen-bond acceptors (Lipinski definition) is 3. The molecule has 3 rings (SSSR count). The molecule has 0 bridgehead atoms. The fraction of sp³-hybridized carbons (Fsp3) is 0.125. The summed E-state index contributed by atoms with van der Waals surface area (Å²) in [5.41, 5.74) is 0.652. The minimum atomic E-state index is -0.253. The van der Waals surface area contributed by atoms with Crippen LogP contribution in [-0.2, 0) is 13.5 Å². The highest BCUT2D eigenvalue weighted by Crippen LogP contribution is 2.35. The van der Waals surface area contributed by atoms with Crippen LogP contribution in [0.2, 0.25) is 10.0 Å². The molecule has 8 heteroatoms. The Morgan fingerprint density at radius 1 is 1.17 bits per heavy atom. The molecule has 3 aromatic rings. The summed E-state index contributed by atoms with van der Waals surface area (Å²) in [6, 6.07) is 10.7. The molecular weight excluding hydrogens is 417 g/mol. The van der Waals surface area contributed by atoms with Crippen LogP contribution in [0.1, 0.15) is 11.4 Å². The highest BCUT2D eigenvalue weighted by molar-refractivity contribution is 9.10. The summed E-state index contributed by atoms with van der Waals surface area (Å²) in [5.74, 6) is 1.60. The zero-order chi connectivity index (χ0) is 17.3. The Hall–Kier alpha value is -1.76. The zero-order valence-electron chi connectivity index (χ0n) is 12.5. The Kier molecular flexibility index (Phi) is 4.99. The third-order valence-electron chi connectivity index (χ3n) is 3.44. The summed E-state index contributed by atoms with van der Waals surface area (Å²) >= 11 is 15.8. The Balaban J connectivity index is 1.90. The molecule has 1 N–H and O–H groups in total. The molecule has 0 radical (unpaired) electrons. The van der Waals surface area contributed by atoms with Gasteiger partial charge in [-0.2, -0.15) is 5.10 Å². The van der Waals surface area contributed by atoms with Crippen molar-refractivity contribution in [1.29, 1.82) is 0 Å². The van der Waals surface area contributed by atoms with Crippen molar-refractivity contribution in [2.45, 2.75) is 6.42 Å². The zero-order valence-corrected chi connectivity index (χ0v) is 15.6. The second-order valence-electron chi connectivity index (χ2n) is 5.12. The summed E-state index contributed by atoms with van der Waals surface area (Å²) in [6.45, 7) is 0. The van der Waals surface area contributed by atoms with Gasteiger partial charge >= 0.3 is 5.69 Å². The second-order valence-corrected chi connectivity index (χ2v) is 6.85. The van der Waals surface area contributed by atoms with Gasteiger partial charge in [-0.1, -0.05) is 45.2 Å². The Morgan fingerprint density at radius 2 is 1.83 bits per heavy atom. The third-order valence-corrected chi connectivity index (χ3v) is 4.56. The SMILES string of the molecule is Cn1c(Cc2ccc(Cl)c(Oc3cc(Br)ccc3Cl)c2)n[nH]c1=O. The van der Waals surface area contributed by atoms with E-state index >= 15 is 0 Å². The number of ether oxygens (including phenoxy) is 1. The number of nitrogens with one attached hydrogen (secondary N) is 1. The molecule has 0 spiro atoms. The van der Waals surface area contributed by atoms with Gasteiger partial charge in [0.05, 0.1) is 10.0 Å². The third kappa shape index (κ3) is 3.66. The second kappa shape index (κ2) is 7.01. The number of H-pyrrole nitrogens is 1. The minimum absolute atomic E-state index is 0.253. The molecule has 5 nitrogen and oxygen atoms in total. The van der Waals surface area contributed by atoms with E-state index in [0.29, 0.717) is 33.8 Å². The maximum atomic E-state index is 11.4. The van der Waals surface area contributed by atoms with Crippen LogP contribution in [0.5, 0.6) is 11.5 Å². The van der Waals surface area contributed by atoms with Gasteiger partial charge in [-0.05, 0) is 35.9 Å². The topological polar surface area (TPSA) is 59.9 Å². The standard InChI is InChI=1S/C16H12BrCl2N3O2/c1-22-15(20-21-16(22)23)7-9-2-4-11(18)13(6-9)24-14-8-10(17)3-5-12(14)19/h2-6,8H,7H2,1H3,(H,21,23). The van der Waals surface area contributed by atoms with Crippen LogP contribution in [0.4, 0.5) is 0 Å². The summed E-state index contributed by atoms with van der Waals surface area (Å²) in [5, 5.41) is 7.36. The summed E-state index contributed by atoms with van der Waals surface area (Å²) in [4.78, 5) is 11.4. The highest BCUT2D eigenvalue weighted by atomic mass is 79.9. The fourth-order valence-corrected chi connectivity index (χ4v) is 2.78. The van der Waals surface area contributed by atoms with Gasteiger partial charge in [0.1, 0.15) is 17.3 Å². The average molecular weight is 429 g/mol. The monoisotopic (exact) mass is 427 g/mol. The van der Waals surface area contributed by atoms with Gasteiger partial charge in [0.15, 0.2) is 0 Å². The maximum absolute atomic E-state index is 11.4. The molecule has 0 atom stereocenters. The van der Waals surface area contributed by atoms with Crippen molar-refractivity contribution in [3.8, 4) is 11.5 Å². The van der Waals surface area contributed by atoms with E-state index in [0.717, 1.165) is 10.0 Å². The van der Waals surface area contributed by atoms with Crippen molar-refractivity contribution < 1.29 is 4.74 Å². The number of aromatic nitrogens is 3. The van der Waals surface area contributed by atoms with E-state index in [-0.39, 0.29) is 5.69 Å². The molecule has 0 aliphatic rings. The lowest BCUT2D eigenvalue weighted by molar-refractivity contribution is 0.482. The number of aromatic amines is 1. The van der Waals surface area contributed by atoms with Crippen molar-refractivity contribution in [3.63, 3.8) is 0 Å². The number of benzene rings is 2. The van der Waals surface area contributed by atoms with Gasteiger partial charge in [0.25, 0.3) is 0 Å². The molecule has 0 amide bonds. The highest BCUT2D eigenvalue weighted by Gasteiger charge is 2.11. The number of nitrogens with zero attached hydrogens (tertiary/aromatic N) is 2. The van der Waals surface area contributed by atoms with E-state index in [2.05, 4.69) is 26.1 Å². The normalized spacial score (nSPS) is 10.8. The first-order chi connectivity index (χ1) is 11.4. The van der Waals surface area contributed by atoms with E-state index in [1.54, 1.807) is 31.3 Å². The van der Waals surface area contributed by atoms with Crippen LogP contribution in [0.3, 0.4) is 0 Å².